The molecule has 2 amide bonds. The van der Waals surface area contributed by atoms with Crippen LogP contribution in [0.4, 0.5) is 4.79 Å². The van der Waals surface area contributed by atoms with Crippen LogP contribution < -0.4 is 5.32 Å². The predicted octanol–water partition coefficient (Wildman–Crippen LogP) is 1.13. The van der Waals surface area contributed by atoms with Crippen LogP contribution in [0, 0.1) is 0 Å². The van der Waals surface area contributed by atoms with Gasteiger partial charge in [0.2, 0.25) is 0 Å². The number of hydrogen-bond acceptors (Lipinski definition) is 4. The third-order valence-electron chi connectivity index (χ3n) is 4.56. The van der Waals surface area contributed by atoms with Gasteiger partial charge in [-0.1, -0.05) is 37.3 Å². The van der Waals surface area contributed by atoms with Gasteiger partial charge in [0.25, 0.3) is 0 Å². The van der Waals surface area contributed by atoms with Crippen molar-refractivity contribution in [2.45, 2.75) is 25.2 Å². The summed E-state index contributed by atoms with van der Waals surface area (Å²) in [6, 6.07) is 10.4. The average molecular weight is 314 g/mol. The summed E-state index contributed by atoms with van der Waals surface area (Å²) in [5.41, 5.74) is 1.33. The minimum absolute atomic E-state index is 0.0141. The number of carbonyl (C=O) groups is 1. The van der Waals surface area contributed by atoms with Crippen molar-refractivity contribution < 1.29 is 4.79 Å². The van der Waals surface area contributed by atoms with Crippen LogP contribution in [0.3, 0.4) is 0 Å². The largest absolute Gasteiger partial charge is 0.338 e. The first-order chi connectivity index (χ1) is 11.1. The fraction of sp³-hybridized carbons (Fsp3) is 0.500. The molecule has 0 radical (unpaired) electrons. The minimum atomic E-state index is -0.0141. The summed E-state index contributed by atoms with van der Waals surface area (Å²) in [5.74, 6) is 0.765. The van der Waals surface area contributed by atoms with Crippen LogP contribution in [0.25, 0.3) is 0 Å². The van der Waals surface area contributed by atoms with E-state index in [9.17, 15) is 4.79 Å². The fourth-order valence-electron chi connectivity index (χ4n) is 3.06. The number of hydrogen-bond donors (Lipinski definition) is 1. The summed E-state index contributed by atoms with van der Waals surface area (Å²) in [5, 5.41) is 14.2. The van der Waals surface area contributed by atoms with Crippen LogP contribution in [0.2, 0.25) is 0 Å². The zero-order chi connectivity index (χ0) is 16.3. The minimum Gasteiger partial charge on any atom is -0.338 e. The van der Waals surface area contributed by atoms with Gasteiger partial charge in [0.05, 0.1) is 0 Å². The molecule has 3 rings (SSSR count). The third kappa shape index (κ3) is 3.33. The Morgan fingerprint density at radius 2 is 2.13 bits per heavy atom. The number of nitrogens with zero attached hydrogens (tertiary/aromatic N) is 5. The van der Waals surface area contributed by atoms with Gasteiger partial charge in [-0.3, -0.25) is 0 Å². The highest BCUT2D eigenvalue weighted by molar-refractivity contribution is 5.74. The summed E-state index contributed by atoms with van der Waals surface area (Å²) in [6.45, 7) is 4.28. The van der Waals surface area contributed by atoms with Gasteiger partial charge in [-0.15, -0.1) is 5.10 Å². The molecule has 7 nitrogen and oxygen atoms in total. The standard InChI is InChI=1S/C16H22N6O/c1-16(13-6-4-3-5-7-13)9-11-22(12-16)15(23)17-10-8-14-18-19-20-21(14)2/h3-7H,8-12H2,1-2H3,(H,17,23). The lowest BCUT2D eigenvalue weighted by Crippen LogP contribution is -2.41. The zero-order valence-electron chi connectivity index (χ0n) is 13.6. The van der Waals surface area contributed by atoms with Gasteiger partial charge >= 0.3 is 6.03 Å². The summed E-state index contributed by atoms with van der Waals surface area (Å²) in [4.78, 5) is 14.2. The summed E-state index contributed by atoms with van der Waals surface area (Å²) in [6.07, 6.45) is 1.61. The second kappa shape index (κ2) is 6.36. The van der Waals surface area contributed by atoms with E-state index in [2.05, 4.69) is 52.0 Å². The van der Waals surface area contributed by atoms with E-state index in [-0.39, 0.29) is 11.4 Å². The molecule has 2 aromatic rings. The van der Waals surface area contributed by atoms with Gasteiger partial charge in [-0.25, -0.2) is 9.48 Å². The van der Waals surface area contributed by atoms with Crippen molar-refractivity contribution in [3.8, 4) is 0 Å². The summed E-state index contributed by atoms with van der Waals surface area (Å²) < 4.78 is 1.62. The molecule has 2 heterocycles. The first kappa shape index (κ1) is 15.5. The van der Waals surface area contributed by atoms with Gasteiger partial charge in [-0.2, -0.15) is 0 Å². The molecule has 0 spiro atoms. The van der Waals surface area contributed by atoms with E-state index in [1.165, 1.54) is 5.56 Å². The normalized spacial score (nSPS) is 20.7. The summed E-state index contributed by atoms with van der Waals surface area (Å²) in [7, 11) is 1.79. The third-order valence-corrected chi connectivity index (χ3v) is 4.56. The lowest BCUT2D eigenvalue weighted by Gasteiger charge is -2.25. The molecule has 1 unspecified atom stereocenters. The van der Waals surface area contributed by atoms with Crippen LogP contribution in [0.15, 0.2) is 30.3 Å². The van der Waals surface area contributed by atoms with E-state index in [4.69, 9.17) is 0 Å². The molecule has 1 aliphatic heterocycles. The lowest BCUT2D eigenvalue weighted by atomic mass is 9.82. The molecule has 23 heavy (non-hydrogen) atoms. The molecule has 0 saturated carbocycles. The van der Waals surface area contributed by atoms with Crippen molar-refractivity contribution in [3.05, 3.63) is 41.7 Å². The smallest absolute Gasteiger partial charge is 0.317 e. The Bertz CT molecular complexity index is 670. The highest BCUT2D eigenvalue weighted by Gasteiger charge is 2.37. The number of rotatable bonds is 4. The Balaban J connectivity index is 1.52. The predicted molar refractivity (Wildman–Crippen MR) is 85.9 cm³/mol. The van der Waals surface area contributed by atoms with Crippen molar-refractivity contribution in [1.29, 1.82) is 0 Å². The molecule has 1 N–H and O–H groups in total. The van der Waals surface area contributed by atoms with Crippen molar-refractivity contribution in [1.82, 2.24) is 30.4 Å². The molecule has 122 valence electrons. The molecule has 1 saturated heterocycles. The van der Waals surface area contributed by atoms with Crippen LogP contribution in [0.5, 0.6) is 0 Å². The van der Waals surface area contributed by atoms with E-state index in [0.717, 1.165) is 25.3 Å². The quantitative estimate of drug-likeness (QED) is 0.918. The van der Waals surface area contributed by atoms with E-state index in [1.54, 1.807) is 11.7 Å². The van der Waals surface area contributed by atoms with Gasteiger partial charge in [0, 0.05) is 38.5 Å². The Morgan fingerprint density at radius 3 is 2.83 bits per heavy atom. The van der Waals surface area contributed by atoms with E-state index in [0.29, 0.717) is 13.0 Å². The number of benzene rings is 1. The van der Waals surface area contributed by atoms with E-state index in [1.807, 2.05) is 11.0 Å². The molecule has 0 aliphatic carbocycles. The molecule has 0 bridgehead atoms. The number of likely N-dealkylation sites (tertiary alicyclic amines) is 1. The van der Waals surface area contributed by atoms with E-state index >= 15 is 0 Å². The van der Waals surface area contributed by atoms with Crippen LogP contribution >= 0.6 is 0 Å². The molecule has 1 aromatic heterocycles. The number of urea groups is 1. The highest BCUT2D eigenvalue weighted by atomic mass is 16.2. The van der Waals surface area contributed by atoms with Crippen LogP contribution in [-0.4, -0.2) is 50.8 Å². The van der Waals surface area contributed by atoms with Crippen molar-refractivity contribution >= 4 is 6.03 Å². The number of nitrogens with one attached hydrogen (secondary N) is 1. The Labute approximate surface area is 135 Å². The molecular formula is C16H22N6O. The second-order valence-corrected chi connectivity index (χ2v) is 6.30. The van der Waals surface area contributed by atoms with Gasteiger partial charge in [-0.05, 0) is 22.4 Å². The Kier molecular flexibility index (Phi) is 4.27. The van der Waals surface area contributed by atoms with Crippen molar-refractivity contribution in [3.63, 3.8) is 0 Å². The van der Waals surface area contributed by atoms with E-state index < -0.39 is 0 Å². The molecule has 7 heteroatoms. The fourth-order valence-corrected chi connectivity index (χ4v) is 3.06. The second-order valence-electron chi connectivity index (χ2n) is 6.30. The Morgan fingerprint density at radius 1 is 1.35 bits per heavy atom. The number of tetrazole rings is 1. The highest BCUT2D eigenvalue weighted by Crippen LogP contribution is 2.33. The van der Waals surface area contributed by atoms with Crippen molar-refractivity contribution in [2.75, 3.05) is 19.6 Å². The van der Waals surface area contributed by atoms with Crippen molar-refractivity contribution in [2.24, 2.45) is 7.05 Å². The van der Waals surface area contributed by atoms with Crippen LogP contribution in [-0.2, 0) is 18.9 Å². The molecule has 1 aliphatic rings. The summed E-state index contributed by atoms with van der Waals surface area (Å²) >= 11 is 0. The lowest BCUT2D eigenvalue weighted by molar-refractivity contribution is 0.206. The number of carbonyl (C=O) groups excluding carboxylic acids is 1. The zero-order valence-corrected chi connectivity index (χ0v) is 13.6. The van der Waals surface area contributed by atoms with Gasteiger partial charge in [0.15, 0.2) is 5.82 Å². The molecular weight excluding hydrogens is 292 g/mol. The molecule has 1 fully saturated rings. The first-order valence-electron chi connectivity index (χ1n) is 7.88. The maximum atomic E-state index is 12.3. The SMILES string of the molecule is Cn1nnnc1CCNC(=O)N1CCC(C)(c2ccccc2)C1. The molecule has 1 atom stereocenters. The van der Waals surface area contributed by atoms with Gasteiger partial charge < -0.3 is 10.2 Å². The molecule has 1 aromatic carbocycles. The van der Waals surface area contributed by atoms with Gasteiger partial charge in [0.1, 0.15) is 0 Å². The number of amides is 2. The maximum absolute atomic E-state index is 12.3. The maximum Gasteiger partial charge on any atom is 0.317 e. The Hall–Kier alpha value is -2.44. The topological polar surface area (TPSA) is 75.9 Å². The average Bonchev–Trinajstić information content (AvgIpc) is 3.16. The first-order valence-corrected chi connectivity index (χ1v) is 7.88. The number of aryl methyl sites for hydroxylation is 1. The van der Waals surface area contributed by atoms with Crippen LogP contribution in [0.1, 0.15) is 24.7 Å². The monoisotopic (exact) mass is 314 g/mol. The number of aromatic nitrogens is 4.